The maximum atomic E-state index is 12.9. The fraction of sp³-hybridized carbons (Fsp3) is 0.350. The van der Waals surface area contributed by atoms with E-state index in [0.29, 0.717) is 0 Å². The number of aryl methyl sites for hydroxylation is 1. The van der Waals surface area contributed by atoms with Gasteiger partial charge in [-0.3, -0.25) is 4.79 Å². The molecule has 120 valence electrons. The molecule has 1 aliphatic heterocycles. The fourth-order valence-corrected chi connectivity index (χ4v) is 3.74. The summed E-state index contributed by atoms with van der Waals surface area (Å²) in [5.41, 5.74) is 4.64. The Kier molecular flexibility index (Phi) is 4.49. The van der Waals surface area contributed by atoms with Crippen LogP contribution in [0.4, 0.5) is 5.69 Å². The van der Waals surface area contributed by atoms with Gasteiger partial charge in [0.25, 0.3) is 5.91 Å². The number of hydrogen-bond acceptors (Lipinski definition) is 1. The van der Waals surface area contributed by atoms with Crippen LogP contribution in [0.15, 0.2) is 48.5 Å². The molecule has 23 heavy (non-hydrogen) atoms. The van der Waals surface area contributed by atoms with Crippen LogP contribution in [0.1, 0.15) is 36.5 Å². The predicted octanol–water partition coefficient (Wildman–Crippen LogP) is 2.37. The van der Waals surface area contributed by atoms with Crippen molar-refractivity contribution in [2.75, 3.05) is 18.4 Å². The molecule has 0 aromatic heterocycles. The number of rotatable bonds is 4. The number of anilines is 1. The van der Waals surface area contributed by atoms with Crippen molar-refractivity contribution in [3.63, 3.8) is 0 Å². The summed E-state index contributed by atoms with van der Waals surface area (Å²) in [5.74, 6) is 0.239. The Labute approximate surface area is 138 Å². The first-order valence-corrected chi connectivity index (χ1v) is 8.46. The van der Waals surface area contributed by atoms with Gasteiger partial charge in [-0.05, 0) is 38.0 Å². The highest BCUT2D eigenvalue weighted by Crippen LogP contribution is 2.36. The molecule has 0 aliphatic carbocycles. The lowest BCUT2D eigenvalue weighted by Gasteiger charge is -2.37. The SMILES string of the molecule is CC[NH+](CC)[C@H]1C(=O)Nc2ccc(C)cc2[C@@H]1c1ccccc1. The third kappa shape index (κ3) is 2.89. The van der Waals surface area contributed by atoms with Gasteiger partial charge in [-0.25, -0.2) is 0 Å². The van der Waals surface area contributed by atoms with Gasteiger partial charge in [-0.15, -0.1) is 0 Å². The van der Waals surface area contributed by atoms with Gasteiger partial charge in [0.15, 0.2) is 6.04 Å². The molecule has 3 nitrogen and oxygen atoms in total. The summed E-state index contributed by atoms with van der Waals surface area (Å²) in [6.07, 6.45) is 0. The first kappa shape index (κ1) is 15.8. The second kappa shape index (κ2) is 6.55. The minimum Gasteiger partial charge on any atom is -0.324 e. The van der Waals surface area contributed by atoms with Crippen LogP contribution in [-0.2, 0) is 4.79 Å². The molecule has 0 radical (unpaired) electrons. The van der Waals surface area contributed by atoms with Gasteiger partial charge in [-0.1, -0.05) is 48.0 Å². The molecular weight excluding hydrogens is 284 g/mol. The Morgan fingerprint density at radius 2 is 1.74 bits per heavy atom. The summed E-state index contributed by atoms with van der Waals surface area (Å²) in [5, 5.41) is 3.13. The molecule has 2 N–H and O–H groups in total. The maximum Gasteiger partial charge on any atom is 0.283 e. The van der Waals surface area contributed by atoms with Gasteiger partial charge in [0.1, 0.15) is 0 Å². The summed E-state index contributed by atoms with van der Waals surface area (Å²) in [7, 11) is 0. The van der Waals surface area contributed by atoms with Crippen molar-refractivity contribution in [1.29, 1.82) is 0 Å². The number of amides is 1. The summed E-state index contributed by atoms with van der Waals surface area (Å²) in [6.45, 7) is 8.30. The molecule has 0 unspecified atom stereocenters. The molecule has 3 rings (SSSR count). The number of likely N-dealkylation sites (N-methyl/N-ethyl adjacent to an activating group) is 1. The minimum atomic E-state index is -0.0818. The van der Waals surface area contributed by atoms with Crippen molar-refractivity contribution in [2.24, 2.45) is 0 Å². The van der Waals surface area contributed by atoms with Crippen LogP contribution in [0.2, 0.25) is 0 Å². The van der Waals surface area contributed by atoms with Crippen molar-refractivity contribution in [1.82, 2.24) is 0 Å². The first-order chi connectivity index (χ1) is 11.2. The van der Waals surface area contributed by atoms with E-state index in [1.165, 1.54) is 21.6 Å². The van der Waals surface area contributed by atoms with Crippen LogP contribution in [0, 0.1) is 6.92 Å². The number of carbonyl (C=O) groups excluding carboxylic acids is 1. The van der Waals surface area contributed by atoms with E-state index in [0.717, 1.165) is 18.8 Å². The highest BCUT2D eigenvalue weighted by atomic mass is 16.2. The molecule has 1 heterocycles. The second-order valence-electron chi connectivity index (χ2n) is 6.31. The lowest BCUT2D eigenvalue weighted by Crippen LogP contribution is -3.17. The third-order valence-corrected chi connectivity index (χ3v) is 4.92. The van der Waals surface area contributed by atoms with Crippen molar-refractivity contribution in [3.8, 4) is 0 Å². The Bertz CT molecular complexity index is 692. The van der Waals surface area contributed by atoms with Crippen LogP contribution in [0.5, 0.6) is 0 Å². The van der Waals surface area contributed by atoms with Crippen LogP contribution in [0.3, 0.4) is 0 Å². The minimum absolute atomic E-state index is 0.0818. The molecule has 3 heteroatoms. The van der Waals surface area contributed by atoms with E-state index in [1.807, 2.05) is 12.1 Å². The second-order valence-corrected chi connectivity index (χ2v) is 6.31. The van der Waals surface area contributed by atoms with Crippen molar-refractivity contribution < 1.29 is 9.69 Å². The zero-order valence-corrected chi connectivity index (χ0v) is 14.1. The van der Waals surface area contributed by atoms with Gasteiger partial charge < -0.3 is 10.2 Å². The van der Waals surface area contributed by atoms with Gasteiger partial charge in [0.2, 0.25) is 0 Å². The molecule has 2 aromatic carbocycles. The lowest BCUT2D eigenvalue weighted by atomic mass is 9.80. The van der Waals surface area contributed by atoms with Crippen LogP contribution in [0.25, 0.3) is 0 Å². The summed E-state index contributed by atoms with van der Waals surface area (Å²) in [4.78, 5) is 14.2. The van der Waals surface area contributed by atoms with E-state index in [4.69, 9.17) is 0 Å². The monoisotopic (exact) mass is 309 g/mol. The van der Waals surface area contributed by atoms with Gasteiger partial charge in [-0.2, -0.15) is 0 Å². The molecule has 0 saturated heterocycles. The fourth-order valence-electron chi connectivity index (χ4n) is 3.74. The average Bonchev–Trinajstić information content (AvgIpc) is 2.57. The first-order valence-electron chi connectivity index (χ1n) is 8.46. The normalized spacial score (nSPS) is 20.3. The Hall–Kier alpha value is -2.13. The molecular formula is C20H25N2O+. The third-order valence-electron chi connectivity index (χ3n) is 4.92. The van der Waals surface area contributed by atoms with Gasteiger partial charge >= 0.3 is 0 Å². The quantitative estimate of drug-likeness (QED) is 0.893. The number of quaternary nitrogens is 1. The van der Waals surface area contributed by atoms with E-state index in [-0.39, 0.29) is 17.9 Å². The summed E-state index contributed by atoms with van der Waals surface area (Å²) < 4.78 is 0. The lowest BCUT2D eigenvalue weighted by molar-refractivity contribution is -0.913. The smallest absolute Gasteiger partial charge is 0.283 e. The predicted molar refractivity (Wildman–Crippen MR) is 93.9 cm³/mol. The van der Waals surface area contributed by atoms with E-state index in [9.17, 15) is 4.79 Å². The van der Waals surface area contributed by atoms with E-state index < -0.39 is 0 Å². The Morgan fingerprint density at radius 1 is 1.04 bits per heavy atom. The zero-order chi connectivity index (χ0) is 16.4. The van der Waals surface area contributed by atoms with E-state index >= 15 is 0 Å². The number of hydrogen-bond donors (Lipinski definition) is 2. The van der Waals surface area contributed by atoms with E-state index in [2.05, 4.69) is 62.5 Å². The number of nitrogens with one attached hydrogen (secondary N) is 2. The molecule has 2 aromatic rings. The summed E-state index contributed by atoms with van der Waals surface area (Å²) >= 11 is 0. The number of benzene rings is 2. The van der Waals surface area contributed by atoms with Crippen LogP contribution < -0.4 is 10.2 Å². The standard InChI is InChI=1S/C20H24N2O/c1-4-22(5-2)19-18(15-9-7-6-8-10-15)16-13-14(3)11-12-17(16)21-20(19)23/h6-13,18-19H,4-5H2,1-3H3,(H,21,23)/p+1/t18-,19+/m0/s1. The van der Waals surface area contributed by atoms with Gasteiger partial charge in [0.05, 0.1) is 19.0 Å². The number of carbonyl (C=O) groups is 1. The molecule has 2 atom stereocenters. The average molecular weight is 309 g/mol. The van der Waals surface area contributed by atoms with Crippen molar-refractivity contribution in [3.05, 3.63) is 65.2 Å². The zero-order valence-electron chi connectivity index (χ0n) is 14.1. The Morgan fingerprint density at radius 3 is 2.39 bits per heavy atom. The molecule has 1 aliphatic rings. The molecule has 0 bridgehead atoms. The molecule has 0 fully saturated rings. The molecule has 1 amide bonds. The van der Waals surface area contributed by atoms with Gasteiger partial charge in [0, 0.05) is 5.69 Å². The molecule has 0 spiro atoms. The van der Waals surface area contributed by atoms with Crippen LogP contribution in [-0.4, -0.2) is 25.0 Å². The molecule has 0 saturated carbocycles. The maximum absolute atomic E-state index is 12.9. The highest BCUT2D eigenvalue weighted by molar-refractivity contribution is 5.98. The topological polar surface area (TPSA) is 33.5 Å². The number of fused-ring (bicyclic) bond motifs is 1. The van der Waals surface area contributed by atoms with Crippen LogP contribution >= 0.6 is 0 Å². The Balaban J connectivity index is 2.17. The largest absolute Gasteiger partial charge is 0.324 e. The van der Waals surface area contributed by atoms with Crippen molar-refractivity contribution in [2.45, 2.75) is 32.7 Å². The summed E-state index contributed by atoms with van der Waals surface area (Å²) in [6, 6.07) is 16.7. The van der Waals surface area contributed by atoms with E-state index in [1.54, 1.807) is 0 Å². The highest BCUT2D eigenvalue weighted by Gasteiger charge is 2.42. The van der Waals surface area contributed by atoms with Crippen molar-refractivity contribution >= 4 is 11.6 Å².